The van der Waals surface area contributed by atoms with E-state index in [2.05, 4.69) is 43.1 Å². The standard InChI is InChI=1S/C26H35N5O3/c1-15(32)22-18-7-6-8-27-23(18)30(29-22)13-21(33)31-19-9-16(19)10-20(31)24(34)28-17-11-25(2,3)14-26(4,5)12-17/h6-8,16-17,19-20H,9-14H2,1-5H3,(H,28,34)/t16-,19-,20+/m1/s1. The second kappa shape index (κ2) is 7.89. The van der Waals surface area contributed by atoms with Gasteiger partial charge in [-0.2, -0.15) is 5.10 Å². The monoisotopic (exact) mass is 465 g/mol. The van der Waals surface area contributed by atoms with Gasteiger partial charge in [0.15, 0.2) is 11.4 Å². The number of nitrogens with zero attached hydrogens (tertiary/aromatic N) is 4. The topological polar surface area (TPSA) is 97.2 Å². The predicted octanol–water partition coefficient (Wildman–Crippen LogP) is 3.34. The maximum absolute atomic E-state index is 13.5. The van der Waals surface area contributed by atoms with Gasteiger partial charge in [0.2, 0.25) is 11.8 Å². The van der Waals surface area contributed by atoms with Gasteiger partial charge in [-0.15, -0.1) is 0 Å². The molecule has 0 unspecified atom stereocenters. The fourth-order valence-corrected chi connectivity index (χ4v) is 6.88. The average Bonchev–Trinajstić information content (AvgIpc) is 3.21. The molecule has 3 heterocycles. The first-order chi connectivity index (χ1) is 15.9. The van der Waals surface area contributed by atoms with E-state index in [0.29, 0.717) is 22.6 Å². The van der Waals surface area contributed by atoms with Crippen LogP contribution in [0, 0.1) is 16.7 Å². The van der Waals surface area contributed by atoms with Crippen molar-refractivity contribution in [1.29, 1.82) is 0 Å². The van der Waals surface area contributed by atoms with Gasteiger partial charge in [-0.1, -0.05) is 27.7 Å². The number of Topliss-reactive ketones (excluding diaryl/α,β-unsaturated/α-hetero) is 1. The van der Waals surface area contributed by atoms with Crippen LogP contribution in [-0.2, 0) is 16.1 Å². The van der Waals surface area contributed by atoms with Gasteiger partial charge in [0.25, 0.3) is 0 Å². The molecule has 182 valence electrons. The summed E-state index contributed by atoms with van der Waals surface area (Å²) in [5.74, 6) is 0.0638. The van der Waals surface area contributed by atoms with E-state index < -0.39 is 6.04 Å². The molecule has 2 amide bonds. The van der Waals surface area contributed by atoms with Crippen molar-refractivity contribution in [2.45, 2.75) is 91.4 Å². The zero-order valence-corrected chi connectivity index (χ0v) is 20.8. The normalized spacial score (nSPS) is 27.4. The van der Waals surface area contributed by atoms with Gasteiger partial charge in [0.05, 0.1) is 5.39 Å². The Morgan fingerprint density at radius 3 is 2.50 bits per heavy atom. The van der Waals surface area contributed by atoms with E-state index in [1.165, 1.54) is 11.6 Å². The lowest BCUT2D eigenvalue weighted by molar-refractivity contribution is -0.141. The molecule has 2 aromatic rings. The SMILES string of the molecule is CC(=O)c1nn(CC(=O)N2[C@@H]3C[C@@H]3C[C@H]2C(=O)NC2CC(C)(C)CC(C)(C)C2)c2ncccc12. The first kappa shape index (κ1) is 23.0. The highest BCUT2D eigenvalue weighted by molar-refractivity contribution is 6.04. The van der Waals surface area contributed by atoms with Crippen LogP contribution in [0.5, 0.6) is 0 Å². The molecular formula is C26H35N5O3. The lowest BCUT2D eigenvalue weighted by Crippen LogP contribution is -2.53. The largest absolute Gasteiger partial charge is 0.352 e. The third kappa shape index (κ3) is 4.23. The smallest absolute Gasteiger partial charge is 0.245 e. The molecule has 1 saturated heterocycles. The third-order valence-corrected chi connectivity index (χ3v) is 7.72. The number of pyridine rings is 1. The summed E-state index contributed by atoms with van der Waals surface area (Å²) in [4.78, 5) is 45.0. The Bertz CT molecular complexity index is 1150. The van der Waals surface area contributed by atoms with Gasteiger partial charge in [0, 0.05) is 25.2 Å². The number of hydrogen-bond donors (Lipinski definition) is 1. The summed E-state index contributed by atoms with van der Waals surface area (Å²) in [7, 11) is 0. The number of ketones is 1. The van der Waals surface area contributed by atoms with E-state index in [0.717, 1.165) is 32.1 Å². The molecule has 0 radical (unpaired) electrons. The number of hydrogen-bond acceptors (Lipinski definition) is 5. The number of rotatable bonds is 5. The molecule has 3 fully saturated rings. The second-order valence-corrected chi connectivity index (χ2v) is 12.2. The molecule has 8 heteroatoms. The van der Waals surface area contributed by atoms with Gasteiger partial charge in [-0.3, -0.25) is 14.4 Å². The molecule has 3 aliphatic rings. The van der Waals surface area contributed by atoms with Crippen molar-refractivity contribution < 1.29 is 14.4 Å². The van der Waals surface area contributed by atoms with E-state index in [1.807, 2.05) is 0 Å². The first-order valence-electron chi connectivity index (χ1n) is 12.4. The van der Waals surface area contributed by atoms with Crippen LogP contribution in [0.25, 0.3) is 11.0 Å². The minimum absolute atomic E-state index is 0.0305. The van der Waals surface area contributed by atoms with Crippen LogP contribution in [0.2, 0.25) is 0 Å². The number of aromatic nitrogens is 3. The molecule has 0 spiro atoms. The van der Waals surface area contributed by atoms with E-state index >= 15 is 0 Å². The highest BCUT2D eigenvalue weighted by Gasteiger charge is 2.56. The van der Waals surface area contributed by atoms with Crippen molar-refractivity contribution >= 4 is 28.6 Å². The Morgan fingerprint density at radius 2 is 1.82 bits per heavy atom. The summed E-state index contributed by atoms with van der Waals surface area (Å²) < 4.78 is 1.51. The minimum atomic E-state index is -0.438. The molecule has 8 nitrogen and oxygen atoms in total. The summed E-state index contributed by atoms with van der Waals surface area (Å²) in [5.41, 5.74) is 1.18. The van der Waals surface area contributed by atoms with Crippen LogP contribution in [-0.4, -0.2) is 55.4 Å². The lowest BCUT2D eigenvalue weighted by atomic mass is 9.63. The van der Waals surface area contributed by atoms with Crippen molar-refractivity contribution in [2.24, 2.45) is 16.7 Å². The van der Waals surface area contributed by atoms with Gasteiger partial charge in [-0.05, 0) is 61.0 Å². The highest BCUT2D eigenvalue weighted by atomic mass is 16.2. The second-order valence-electron chi connectivity index (χ2n) is 12.2. The molecule has 0 aromatic carbocycles. The number of amides is 2. The lowest BCUT2D eigenvalue weighted by Gasteiger charge is -2.45. The van der Waals surface area contributed by atoms with Crippen molar-refractivity contribution in [3.63, 3.8) is 0 Å². The number of fused-ring (bicyclic) bond motifs is 2. The van der Waals surface area contributed by atoms with Crippen LogP contribution in [0.1, 0.15) is 77.2 Å². The maximum atomic E-state index is 13.5. The summed E-state index contributed by atoms with van der Waals surface area (Å²) in [5, 5.41) is 8.33. The molecule has 5 rings (SSSR count). The van der Waals surface area contributed by atoms with Crippen LogP contribution in [0.15, 0.2) is 18.3 Å². The Kier molecular flexibility index (Phi) is 5.33. The molecule has 2 aromatic heterocycles. The number of carbonyl (C=O) groups is 3. The van der Waals surface area contributed by atoms with Gasteiger partial charge < -0.3 is 10.2 Å². The molecule has 1 N–H and O–H groups in total. The van der Waals surface area contributed by atoms with E-state index in [1.54, 1.807) is 23.2 Å². The maximum Gasteiger partial charge on any atom is 0.245 e. The zero-order valence-electron chi connectivity index (χ0n) is 20.8. The Balaban J connectivity index is 1.33. The first-order valence-corrected chi connectivity index (χ1v) is 12.4. The molecule has 2 aliphatic carbocycles. The Hall–Kier alpha value is -2.77. The van der Waals surface area contributed by atoms with Crippen LogP contribution >= 0.6 is 0 Å². The quantitative estimate of drug-likeness (QED) is 0.683. The number of likely N-dealkylation sites (tertiary alicyclic amines) is 1. The molecular weight excluding hydrogens is 430 g/mol. The highest BCUT2D eigenvalue weighted by Crippen LogP contribution is 2.49. The Labute approximate surface area is 200 Å². The molecule has 3 atom stereocenters. The molecule has 34 heavy (non-hydrogen) atoms. The van der Waals surface area contributed by atoms with E-state index in [-0.39, 0.29) is 47.1 Å². The Morgan fingerprint density at radius 1 is 1.12 bits per heavy atom. The van der Waals surface area contributed by atoms with Gasteiger partial charge in [0.1, 0.15) is 18.3 Å². The summed E-state index contributed by atoms with van der Waals surface area (Å²) in [6, 6.07) is 3.36. The van der Waals surface area contributed by atoms with Crippen LogP contribution in [0.3, 0.4) is 0 Å². The van der Waals surface area contributed by atoms with E-state index in [9.17, 15) is 14.4 Å². The zero-order chi connectivity index (χ0) is 24.4. The fourth-order valence-electron chi connectivity index (χ4n) is 6.88. The predicted molar refractivity (Wildman–Crippen MR) is 128 cm³/mol. The van der Waals surface area contributed by atoms with Crippen molar-refractivity contribution in [3.05, 3.63) is 24.0 Å². The van der Waals surface area contributed by atoms with Gasteiger partial charge in [-0.25, -0.2) is 9.67 Å². The van der Waals surface area contributed by atoms with Crippen molar-refractivity contribution in [1.82, 2.24) is 25.0 Å². The number of nitrogens with one attached hydrogen (secondary N) is 1. The number of carbonyl (C=O) groups excluding carboxylic acids is 3. The average molecular weight is 466 g/mol. The third-order valence-electron chi connectivity index (χ3n) is 7.72. The minimum Gasteiger partial charge on any atom is -0.352 e. The molecule has 2 saturated carbocycles. The van der Waals surface area contributed by atoms with Crippen molar-refractivity contribution in [2.75, 3.05) is 0 Å². The summed E-state index contributed by atoms with van der Waals surface area (Å²) in [6.07, 6.45) is 6.35. The van der Waals surface area contributed by atoms with Crippen molar-refractivity contribution in [3.8, 4) is 0 Å². The van der Waals surface area contributed by atoms with E-state index in [4.69, 9.17) is 0 Å². The summed E-state index contributed by atoms with van der Waals surface area (Å²) in [6.45, 7) is 10.5. The number of piperidine rings is 1. The van der Waals surface area contributed by atoms with Gasteiger partial charge >= 0.3 is 0 Å². The van der Waals surface area contributed by atoms with Crippen LogP contribution in [0.4, 0.5) is 0 Å². The molecule has 0 bridgehead atoms. The molecule has 1 aliphatic heterocycles. The fraction of sp³-hybridized carbons (Fsp3) is 0.654. The summed E-state index contributed by atoms with van der Waals surface area (Å²) >= 11 is 0. The van der Waals surface area contributed by atoms with Crippen LogP contribution < -0.4 is 5.32 Å².